The van der Waals surface area contributed by atoms with E-state index in [0.29, 0.717) is 22.4 Å². The number of hydrogen-bond donors (Lipinski definition) is 2. The number of nitrogens with zero attached hydrogens (tertiary/aromatic N) is 2. The van der Waals surface area contributed by atoms with E-state index in [-0.39, 0.29) is 18.3 Å². The van der Waals surface area contributed by atoms with Crippen molar-refractivity contribution in [2.45, 2.75) is 13.5 Å². The maximum Gasteiger partial charge on any atom is 0.253 e. The second-order valence-corrected chi connectivity index (χ2v) is 4.72. The van der Waals surface area contributed by atoms with Crippen molar-refractivity contribution in [3.05, 3.63) is 59.4 Å². The third-order valence-corrected chi connectivity index (χ3v) is 3.08. The molecule has 3 rings (SSSR count). The van der Waals surface area contributed by atoms with Crippen LogP contribution >= 0.6 is 0 Å². The van der Waals surface area contributed by atoms with Crippen molar-refractivity contribution >= 4 is 16.9 Å². The van der Waals surface area contributed by atoms with Gasteiger partial charge in [-0.2, -0.15) is 0 Å². The smallest absolute Gasteiger partial charge is 0.253 e. The van der Waals surface area contributed by atoms with Gasteiger partial charge in [0.2, 0.25) is 0 Å². The van der Waals surface area contributed by atoms with Crippen LogP contribution in [-0.4, -0.2) is 20.9 Å². The van der Waals surface area contributed by atoms with Gasteiger partial charge in [-0.15, -0.1) is 0 Å². The minimum Gasteiger partial charge on any atom is -0.345 e. The summed E-state index contributed by atoms with van der Waals surface area (Å²) in [6, 6.07) is 7.81. The van der Waals surface area contributed by atoms with Crippen LogP contribution < -0.4 is 5.32 Å². The third-order valence-electron chi connectivity index (χ3n) is 3.08. The van der Waals surface area contributed by atoms with E-state index in [9.17, 15) is 9.18 Å². The lowest BCUT2D eigenvalue weighted by Crippen LogP contribution is -2.23. The second-order valence-electron chi connectivity index (χ2n) is 4.72. The summed E-state index contributed by atoms with van der Waals surface area (Å²) in [4.78, 5) is 23.3. The summed E-state index contributed by atoms with van der Waals surface area (Å²) >= 11 is 0. The van der Waals surface area contributed by atoms with Gasteiger partial charge in [0.25, 0.3) is 5.91 Å². The summed E-state index contributed by atoms with van der Waals surface area (Å²) < 4.78 is 13.1. The number of amides is 1. The quantitative estimate of drug-likeness (QED) is 0.775. The van der Waals surface area contributed by atoms with Crippen molar-refractivity contribution in [3.63, 3.8) is 0 Å². The molecule has 2 N–H and O–H groups in total. The van der Waals surface area contributed by atoms with E-state index in [1.54, 1.807) is 18.2 Å². The summed E-state index contributed by atoms with van der Waals surface area (Å²) in [6.45, 7) is 2.10. The number of hydrogen-bond acceptors (Lipinski definition) is 3. The van der Waals surface area contributed by atoms with Crippen molar-refractivity contribution in [1.82, 2.24) is 20.3 Å². The van der Waals surface area contributed by atoms with Gasteiger partial charge in [0.1, 0.15) is 11.6 Å². The first-order valence-corrected chi connectivity index (χ1v) is 6.47. The van der Waals surface area contributed by atoms with Crippen LogP contribution in [0, 0.1) is 12.7 Å². The van der Waals surface area contributed by atoms with Gasteiger partial charge < -0.3 is 10.3 Å². The fourth-order valence-corrected chi connectivity index (χ4v) is 1.99. The second kappa shape index (κ2) is 5.32. The Labute approximate surface area is 120 Å². The molecule has 5 nitrogen and oxygen atoms in total. The predicted molar refractivity (Wildman–Crippen MR) is 76.2 cm³/mol. The van der Waals surface area contributed by atoms with Crippen LogP contribution in [-0.2, 0) is 6.54 Å². The molecule has 0 aliphatic carbocycles. The number of aromatic amines is 1. The van der Waals surface area contributed by atoms with E-state index < -0.39 is 0 Å². The van der Waals surface area contributed by atoms with Crippen molar-refractivity contribution in [3.8, 4) is 0 Å². The molecule has 106 valence electrons. The molecule has 0 bridgehead atoms. The number of fused-ring (bicyclic) bond motifs is 1. The number of aromatic nitrogens is 3. The van der Waals surface area contributed by atoms with Crippen LogP contribution in [0.1, 0.15) is 21.9 Å². The highest BCUT2D eigenvalue weighted by Gasteiger charge is 2.08. The molecule has 0 saturated heterocycles. The maximum atomic E-state index is 13.1. The highest BCUT2D eigenvalue weighted by Crippen LogP contribution is 2.12. The molecule has 0 atom stereocenters. The zero-order valence-electron chi connectivity index (χ0n) is 11.4. The van der Waals surface area contributed by atoms with Crippen LogP contribution in [0.4, 0.5) is 4.39 Å². The standard InChI is InChI=1S/C15H13FN4O/c1-9-2-3-10(7-17-9)15(21)18-8-14-19-12-5-4-11(16)6-13(12)20-14/h2-7H,8H2,1H3,(H,18,21)(H,19,20). The molecular formula is C15H13FN4O. The average Bonchev–Trinajstić information content (AvgIpc) is 2.87. The molecule has 0 radical (unpaired) electrons. The monoisotopic (exact) mass is 284 g/mol. The largest absolute Gasteiger partial charge is 0.345 e. The lowest BCUT2D eigenvalue weighted by molar-refractivity contribution is 0.0949. The molecular weight excluding hydrogens is 271 g/mol. The van der Waals surface area contributed by atoms with Crippen LogP contribution in [0.15, 0.2) is 36.5 Å². The van der Waals surface area contributed by atoms with Crippen molar-refractivity contribution in [2.24, 2.45) is 0 Å². The number of carbonyl (C=O) groups excluding carboxylic acids is 1. The lowest BCUT2D eigenvalue weighted by atomic mass is 10.2. The molecule has 0 fully saturated rings. The Hall–Kier alpha value is -2.76. The van der Waals surface area contributed by atoms with Crippen LogP contribution in [0.3, 0.4) is 0 Å². The van der Waals surface area contributed by atoms with Gasteiger partial charge in [0.05, 0.1) is 23.1 Å². The molecule has 6 heteroatoms. The first-order valence-electron chi connectivity index (χ1n) is 6.47. The van der Waals surface area contributed by atoms with Gasteiger partial charge in [-0.25, -0.2) is 9.37 Å². The maximum absolute atomic E-state index is 13.1. The minimum atomic E-state index is -0.326. The van der Waals surface area contributed by atoms with Gasteiger partial charge in [0.15, 0.2) is 0 Å². The number of imidazole rings is 1. The average molecular weight is 284 g/mol. The first kappa shape index (κ1) is 13.2. The predicted octanol–water partition coefficient (Wildman–Crippen LogP) is 2.34. The zero-order valence-corrected chi connectivity index (χ0v) is 11.4. The highest BCUT2D eigenvalue weighted by atomic mass is 19.1. The van der Waals surface area contributed by atoms with E-state index in [4.69, 9.17) is 0 Å². The van der Waals surface area contributed by atoms with Crippen LogP contribution in [0.5, 0.6) is 0 Å². The molecule has 2 aromatic heterocycles. The van der Waals surface area contributed by atoms with Crippen molar-refractivity contribution < 1.29 is 9.18 Å². The molecule has 2 heterocycles. The lowest BCUT2D eigenvalue weighted by Gasteiger charge is -2.03. The van der Waals surface area contributed by atoms with Gasteiger partial charge >= 0.3 is 0 Å². The number of aryl methyl sites for hydroxylation is 1. The number of carbonyl (C=O) groups is 1. The Kier molecular flexibility index (Phi) is 3.35. The fourth-order valence-electron chi connectivity index (χ4n) is 1.99. The van der Waals surface area contributed by atoms with Gasteiger partial charge in [-0.3, -0.25) is 9.78 Å². The molecule has 0 aliphatic rings. The Bertz CT molecular complexity index is 795. The number of rotatable bonds is 3. The van der Waals surface area contributed by atoms with E-state index in [1.165, 1.54) is 18.3 Å². The Morgan fingerprint density at radius 2 is 2.19 bits per heavy atom. The molecule has 0 saturated carbocycles. The number of halogens is 1. The molecule has 21 heavy (non-hydrogen) atoms. The van der Waals surface area contributed by atoms with Crippen LogP contribution in [0.2, 0.25) is 0 Å². The molecule has 3 aromatic rings. The normalized spacial score (nSPS) is 10.8. The van der Waals surface area contributed by atoms with E-state index in [2.05, 4.69) is 20.3 Å². The summed E-state index contributed by atoms with van der Waals surface area (Å²) in [5.41, 5.74) is 2.61. The molecule has 0 aliphatic heterocycles. The van der Waals surface area contributed by atoms with Crippen LogP contribution in [0.25, 0.3) is 11.0 Å². The minimum absolute atomic E-state index is 0.228. The molecule has 0 unspecified atom stereocenters. The zero-order chi connectivity index (χ0) is 14.8. The summed E-state index contributed by atoms with van der Waals surface area (Å²) in [6.07, 6.45) is 1.53. The number of H-pyrrole nitrogens is 1. The third kappa shape index (κ3) is 2.89. The SMILES string of the molecule is Cc1ccc(C(=O)NCc2nc3ccc(F)cc3[nH]2)cn1. The number of pyridine rings is 1. The Balaban J connectivity index is 1.71. The topological polar surface area (TPSA) is 70.7 Å². The summed E-state index contributed by atoms with van der Waals surface area (Å²) in [5, 5.41) is 2.74. The highest BCUT2D eigenvalue weighted by molar-refractivity contribution is 5.93. The Morgan fingerprint density at radius 3 is 2.95 bits per heavy atom. The van der Waals surface area contributed by atoms with E-state index in [0.717, 1.165) is 5.69 Å². The van der Waals surface area contributed by atoms with Gasteiger partial charge in [-0.1, -0.05) is 0 Å². The first-order chi connectivity index (χ1) is 10.1. The molecule has 1 amide bonds. The van der Waals surface area contributed by atoms with Gasteiger partial charge in [-0.05, 0) is 37.3 Å². The number of nitrogens with one attached hydrogen (secondary N) is 2. The number of benzene rings is 1. The summed E-state index contributed by atoms with van der Waals surface area (Å²) in [7, 11) is 0. The molecule has 1 aromatic carbocycles. The van der Waals surface area contributed by atoms with Gasteiger partial charge in [0, 0.05) is 11.9 Å². The Morgan fingerprint density at radius 1 is 1.33 bits per heavy atom. The fraction of sp³-hybridized carbons (Fsp3) is 0.133. The van der Waals surface area contributed by atoms with E-state index >= 15 is 0 Å². The van der Waals surface area contributed by atoms with E-state index in [1.807, 2.05) is 6.92 Å². The van der Waals surface area contributed by atoms with Crippen molar-refractivity contribution in [1.29, 1.82) is 0 Å². The summed E-state index contributed by atoms with van der Waals surface area (Å²) in [5.74, 6) is 0.0191. The molecule has 0 spiro atoms. The van der Waals surface area contributed by atoms with Crippen molar-refractivity contribution in [2.75, 3.05) is 0 Å².